The van der Waals surface area contributed by atoms with E-state index in [2.05, 4.69) is 5.16 Å². The summed E-state index contributed by atoms with van der Waals surface area (Å²) in [6.45, 7) is 1.32. The van der Waals surface area contributed by atoms with Crippen molar-refractivity contribution >= 4 is 17.4 Å². The summed E-state index contributed by atoms with van der Waals surface area (Å²) >= 11 is 6.01. The summed E-state index contributed by atoms with van der Waals surface area (Å²) in [4.78, 5) is 0. The van der Waals surface area contributed by atoms with Gasteiger partial charge in [0.1, 0.15) is 11.9 Å². The van der Waals surface area contributed by atoms with E-state index in [9.17, 15) is 0 Å². The molecule has 1 saturated heterocycles. The smallest absolute Gasteiger partial charge is 0.171 e. The first-order valence-electron chi connectivity index (χ1n) is 5.22. The van der Waals surface area contributed by atoms with E-state index in [1.165, 1.54) is 0 Å². The van der Waals surface area contributed by atoms with E-state index in [0.717, 1.165) is 13.0 Å². The topological polar surface area (TPSA) is 77.1 Å². The zero-order valence-electron chi connectivity index (χ0n) is 9.10. The molecular weight excluding hydrogens is 244 g/mol. The van der Waals surface area contributed by atoms with Gasteiger partial charge in [0.05, 0.1) is 18.2 Å². The molecule has 0 amide bonds. The molecule has 0 saturated carbocycles. The van der Waals surface area contributed by atoms with Gasteiger partial charge in [0, 0.05) is 12.0 Å². The molecule has 1 aliphatic heterocycles. The minimum Gasteiger partial charge on any atom is -0.488 e. The van der Waals surface area contributed by atoms with Crippen molar-refractivity contribution in [1.29, 1.82) is 0 Å². The molecule has 2 rings (SSSR count). The first-order valence-corrected chi connectivity index (χ1v) is 5.60. The molecule has 1 heterocycles. The highest BCUT2D eigenvalue weighted by Gasteiger charge is 2.17. The van der Waals surface area contributed by atoms with Gasteiger partial charge in [0.2, 0.25) is 0 Å². The Hall–Kier alpha value is -1.46. The maximum Gasteiger partial charge on any atom is 0.171 e. The third kappa shape index (κ3) is 2.81. The van der Waals surface area contributed by atoms with Crippen molar-refractivity contribution in [3.05, 3.63) is 28.8 Å². The van der Waals surface area contributed by atoms with Crippen molar-refractivity contribution in [2.75, 3.05) is 13.2 Å². The summed E-state index contributed by atoms with van der Waals surface area (Å²) in [5, 5.41) is 11.9. The molecule has 0 bridgehead atoms. The second kappa shape index (κ2) is 5.25. The molecule has 1 aromatic rings. The number of benzene rings is 1. The lowest BCUT2D eigenvalue weighted by molar-refractivity contribution is 0.141. The number of nitrogens with zero attached hydrogens (tertiary/aromatic N) is 1. The standard InChI is InChI=1S/C11H13ClN2O3/c12-10-5-7(17-8-3-4-16-6-8)1-2-9(10)11(13)14-15/h1-2,5,8,15H,3-4,6H2,(H2,13,14). The maximum absolute atomic E-state index is 8.57. The maximum atomic E-state index is 8.57. The van der Waals surface area contributed by atoms with Crippen molar-refractivity contribution in [2.45, 2.75) is 12.5 Å². The van der Waals surface area contributed by atoms with Crippen LogP contribution < -0.4 is 10.5 Å². The van der Waals surface area contributed by atoms with E-state index >= 15 is 0 Å². The lowest BCUT2D eigenvalue weighted by atomic mass is 10.2. The highest BCUT2D eigenvalue weighted by Crippen LogP contribution is 2.24. The van der Waals surface area contributed by atoms with E-state index in [0.29, 0.717) is 22.9 Å². The Morgan fingerprint density at radius 1 is 1.59 bits per heavy atom. The number of hydrogen-bond donors (Lipinski definition) is 2. The van der Waals surface area contributed by atoms with Gasteiger partial charge < -0.3 is 20.4 Å². The van der Waals surface area contributed by atoms with Crippen molar-refractivity contribution in [3.8, 4) is 5.75 Å². The molecule has 0 spiro atoms. The molecule has 1 unspecified atom stereocenters. The van der Waals surface area contributed by atoms with Crippen LogP contribution in [-0.4, -0.2) is 30.4 Å². The van der Waals surface area contributed by atoms with Crippen LogP contribution in [0.15, 0.2) is 23.4 Å². The van der Waals surface area contributed by atoms with E-state index in [1.54, 1.807) is 18.2 Å². The molecule has 0 radical (unpaired) electrons. The van der Waals surface area contributed by atoms with Gasteiger partial charge in [0.25, 0.3) is 0 Å². The molecule has 1 aliphatic rings. The molecule has 6 heteroatoms. The third-order valence-corrected chi connectivity index (χ3v) is 2.83. The van der Waals surface area contributed by atoms with E-state index in [1.807, 2.05) is 0 Å². The number of amidine groups is 1. The summed E-state index contributed by atoms with van der Waals surface area (Å²) in [6, 6.07) is 5.04. The molecule has 1 aromatic carbocycles. The Bertz CT molecular complexity index is 431. The minimum atomic E-state index is -0.0225. The van der Waals surface area contributed by atoms with E-state index in [4.69, 9.17) is 32.0 Å². The van der Waals surface area contributed by atoms with Crippen LogP contribution in [0.2, 0.25) is 5.02 Å². The van der Waals surface area contributed by atoms with Crippen molar-refractivity contribution in [1.82, 2.24) is 0 Å². The molecule has 92 valence electrons. The fraction of sp³-hybridized carbons (Fsp3) is 0.364. The van der Waals surface area contributed by atoms with Gasteiger partial charge in [-0.15, -0.1) is 0 Å². The summed E-state index contributed by atoms with van der Waals surface area (Å²) in [5.74, 6) is 0.630. The predicted octanol–water partition coefficient (Wildman–Crippen LogP) is 1.60. The van der Waals surface area contributed by atoms with E-state index in [-0.39, 0.29) is 11.9 Å². The minimum absolute atomic E-state index is 0.0225. The fourth-order valence-corrected chi connectivity index (χ4v) is 1.90. The third-order valence-electron chi connectivity index (χ3n) is 2.51. The van der Waals surface area contributed by atoms with Crippen molar-refractivity contribution < 1.29 is 14.7 Å². The van der Waals surface area contributed by atoms with Crippen molar-refractivity contribution in [3.63, 3.8) is 0 Å². The molecule has 3 N–H and O–H groups in total. The Morgan fingerprint density at radius 3 is 3.00 bits per heavy atom. The largest absolute Gasteiger partial charge is 0.488 e. The summed E-state index contributed by atoms with van der Waals surface area (Å²) in [6.07, 6.45) is 0.945. The molecule has 1 fully saturated rings. The highest BCUT2D eigenvalue weighted by molar-refractivity contribution is 6.34. The number of rotatable bonds is 3. The van der Waals surface area contributed by atoms with Gasteiger partial charge in [-0.3, -0.25) is 0 Å². The number of halogens is 1. The van der Waals surface area contributed by atoms with Gasteiger partial charge in [-0.1, -0.05) is 16.8 Å². The first-order chi connectivity index (χ1) is 8.20. The van der Waals surface area contributed by atoms with Crippen LogP contribution in [0, 0.1) is 0 Å². The van der Waals surface area contributed by atoms with Crippen LogP contribution in [0.25, 0.3) is 0 Å². The number of oxime groups is 1. The SMILES string of the molecule is NC(=NO)c1ccc(OC2CCOC2)cc1Cl. The van der Waals surface area contributed by atoms with Gasteiger partial charge in [-0.05, 0) is 18.2 Å². The Kier molecular flexibility index (Phi) is 3.71. The molecule has 1 atom stereocenters. The monoisotopic (exact) mass is 256 g/mol. The predicted molar refractivity (Wildman–Crippen MR) is 63.8 cm³/mol. The van der Waals surface area contributed by atoms with Crippen LogP contribution in [0.3, 0.4) is 0 Å². The van der Waals surface area contributed by atoms with Crippen LogP contribution >= 0.6 is 11.6 Å². The van der Waals surface area contributed by atoms with Crippen LogP contribution in [-0.2, 0) is 4.74 Å². The van der Waals surface area contributed by atoms with Crippen LogP contribution in [0.4, 0.5) is 0 Å². The number of ether oxygens (including phenoxy) is 2. The summed E-state index contributed by atoms with van der Waals surface area (Å²) in [7, 11) is 0. The Morgan fingerprint density at radius 2 is 2.41 bits per heavy atom. The number of nitrogens with two attached hydrogens (primary N) is 1. The van der Waals surface area contributed by atoms with Gasteiger partial charge in [0.15, 0.2) is 5.84 Å². The molecule has 0 aliphatic carbocycles. The number of hydrogen-bond acceptors (Lipinski definition) is 4. The zero-order chi connectivity index (χ0) is 12.3. The first kappa shape index (κ1) is 12.0. The summed E-state index contributed by atoms with van der Waals surface area (Å²) < 4.78 is 10.9. The Balaban J connectivity index is 2.12. The second-order valence-corrected chi connectivity index (χ2v) is 4.14. The van der Waals surface area contributed by atoms with Gasteiger partial charge in [-0.25, -0.2) is 0 Å². The molecule has 5 nitrogen and oxygen atoms in total. The van der Waals surface area contributed by atoms with Gasteiger partial charge in [-0.2, -0.15) is 0 Å². The second-order valence-electron chi connectivity index (χ2n) is 3.73. The molecule has 0 aromatic heterocycles. The Labute approximate surface area is 104 Å². The average Bonchev–Trinajstić information content (AvgIpc) is 2.81. The lowest BCUT2D eigenvalue weighted by Gasteiger charge is -2.12. The van der Waals surface area contributed by atoms with Crippen molar-refractivity contribution in [2.24, 2.45) is 10.9 Å². The fourth-order valence-electron chi connectivity index (χ4n) is 1.63. The quantitative estimate of drug-likeness (QED) is 0.373. The molecule has 17 heavy (non-hydrogen) atoms. The normalized spacial score (nSPS) is 20.5. The van der Waals surface area contributed by atoms with Gasteiger partial charge >= 0.3 is 0 Å². The molecular formula is C11H13ClN2O3. The van der Waals surface area contributed by atoms with Crippen LogP contribution in [0.5, 0.6) is 5.75 Å². The lowest BCUT2D eigenvalue weighted by Crippen LogP contribution is -2.16. The highest BCUT2D eigenvalue weighted by atomic mass is 35.5. The summed E-state index contributed by atoms with van der Waals surface area (Å²) in [5.41, 5.74) is 5.94. The average molecular weight is 257 g/mol. The zero-order valence-corrected chi connectivity index (χ0v) is 9.85. The van der Waals surface area contributed by atoms with E-state index < -0.39 is 0 Å². The van der Waals surface area contributed by atoms with Crippen LogP contribution in [0.1, 0.15) is 12.0 Å².